The van der Waals surface area contributed by atoms with E-state index in [1.54, 1.807) is 0 Å². The molecule has 0 saturated carbocycles. The van der Waals surface area contributed by atoms with Crippen molar-refractivity contribution in [1.29, 1.82) is 0 Å². The fraction of sp³-hybridized carbons (Fsp3) is 0.250. The molecule has 0 aliphatic heterocycles. The number of ether oxygens (including phenoxy) is 1. The van der Waals surface area contributed by atoms with Crippen molar-refractivity contribution in [3.8, 4) is 5.75 Å². The Hall–Kier alpha value is -2.00. The van der Waals surface area contributed by atoms with Gasteiger partial charge in [-0.2, -0.15) is 0 Å². The van der Waals surface area contributed by atoms with Crippen molar-refractivity contribution >= 4 is 5.69 Å². The Kier molecular flexibility index (Phi) is 4.81. The highest BCUT2D eigenvalue weighted by molar-refractivity contribution is 5.43. The van der Waals surface area contributed by atoms with E-state index in [2.05, 4.69) is 5.32 Å². The summed E-state index contributed by atoms with van der Waals surface area (Å²) in [6.45, 7) is 3.04. The van der Waals surface area contributed by atoms with E-state index in [0.717, 1.165) is 17.0 Å². The number of anilines is 1. The second kappa shape index (κ2) is 6.81. The van der Waals surface area contributed by atoms with Gasteiger partial charge in [-0.3, -0.25) is 0 Å². The van der Waals surface area contributed by atoms with Crippen LogP contribution in [0.2, 0.25) is 0 Å². The fourth-order valence-corrected chi connectivity index (χ4v) is 1.87. The highest BCUT2D eigenvalue weighted by Gasteiger charge is 2.08. The highest BCUT2D eigenvalue weighted by atomic mass is 16.5. The zero-order valence-corrected chi connectivity index (χ0v) is 11.0. The van der Waals surface area contributed by atoms with E-state index in [1.165, 1.54) is 0 Å². The molecule has 2 aromatic carbocycles. The molecule has 100 valence electrons. The third kappa shape index (κ3) is 4.00. The topological polar surface area (TPSA) is 41.5 Å². The third-order valence-corrected chi connectivity index (χ3v) is 2.83. The number of aliphatic hydroxyl groups is 1. The Morgan fingerprint density at radius 3 is 2.63 bits per heavy atom. The van der Waals surface area contributed by atoms with Crippen LogP contribution in [0.25, 0.3) is 0 Å². The average molecular weight is 257 g/mol. The summed E-state index contributed by atoms with van der Waals surface area (Å²) in [5.74, 6) is 0.791. The van der Waals surface area contributed by atoms with E-state index < -0.39 is 6.10 Å². The summed E-state index contributed by atoms with van der Waals surface area (Å²) in [5, 5.41) is 13.4. The van der Waals surface area contributed by atoms with Crippen LogP contribution in [0.15, 0.2) is 54.6 Å². The van der Waals surface area contributed by atoms with Gasteiger partial charge in [0.1, 0.15) is 5.75 Å². The molecule has 0 fully saturated rings. The molecule has 0 heterocycles. The molecular formula is C16H19NO2. The van der Waals surface area contributed by atoms with E-state index in [0.29, 0.717) is 13.2 Å². The van der Waals surface area contributed by atoms with Gasteiger partial charge in [-0.15, -0.1) is 0 Å². The lowest BCUT2D eigenvalue weighted by molar-refractivity contribution is 0.191. The van der Waals surface area contributed by atoms with Crippen LogP contribution in [-0.2, 0) is 0 Å². The van der Waals surface area contributed by atoms with Gasteiger partial charge in [-0.1, -0.05) is 30.3 Å². The minimum atomic E-state index is -0.555. The van der Waals surface area contributed by atoms with Crippen molar-refractivity contribution in [2.45, 2.75) is 13.0 Å². The molecule has 2 rings (SSSR count). The Morgan fingerprint density at radius 2 is 1.89 bits per heavy atom. The van der Waals surface area contributed by atoms with Crippen LogP contribution in [0.4, 0.5) is 5.69 Å². The number of benzene rings is 2. The quantitative estimate of drug-likeness (QED) is 0.834. The number of rotatable bonds is 6. The Balaban J connectivity index is 1.95. The number of para-hydroxylation sites is 1. The van der Waals surface area contributed by atoms with Crippen molar-refractivity contribution in [1.82, 2.24) is 0 Å². The average Bonchev–Trinajstić information content (AvgIpc) is 2.46. The molecule has 0 aliphatic rings. The molecule has 3 heteroatoms. The largest absolute Gasteiger partial charge is 0.494 e. The summed E-state index contributed by atoms with van der Waals surface area (Å²) in [6, 6.07) is 17.4. The van der Waals surface area contributed by atoms with Crippen molar-refractivity contribution < 1.29 is 9.84 Å². The molecule has 2 aromatic rings. The monoisotopic (exact) mass is 257 g/mol. The van der Waals surface area contributed by atoms with Gasteiger partial charge in [0.25, 0.3) is 0 Å². The van der Waals surface area contributed by atoms with Crippen LogP contribution in [0.3, 0.4) is 0 Å². The molecule has 0 bridgehead atoms. The van der Waals surface area contributed by atoms with Gasteiger partial charge in [0.15, 0.2) is 0 Å². The number of hydrogen-bond acceptors (Lipinski definition) is 3. The Bertz CT molecular complexity index is 499. The van der Waals surface area contributed by atoms with Gasteiger partial charge in [0.2, 0.25) is 0 Å². The minimum Gasteiger partial charge on any atom is -0.494 e. The molecular weight excluding hydrogens is 238 g/mol. The van der Waals surface area contributed by atoms with E-state index in [-0.39, 0.29) is 0 Å². The van der Waals surface area contributed by atoms with Crippen LogP contribution in [0.1, 0.15) is 18.6 Å². The number of nitrogens with one attached hydrogen (secondary N) is 1. The molecule has 1 unspecified atom stereocenters. The minimum absolute atomic E-state index is 0.472. The smallest absolute Gasteiger partial charge is 0.119 e. The van der Waals surface area contributed by atoms with Gasteiger partial charge in [-0.25, -0.2) is 0 Å². The molecule has 0 saturated heterocycles. The van der Waals surface area contributed by atoms with Crippen LogP contribution < -0.4 is 10.1 Å². The summed E-state index contributed by atoms with van der Waals surface area (Å²) in [4.78, 5) is 0. The number of aliphatic hydroxyl groups excluding tert-OH is 1. The lowest BCUT2D eigenvalue weighted by Crippen LogP contribution is -2.12. The van der Waals surface area contributed by atoms with Crippen LogP contribution in [0, 0.1) is 0 Å². The lowest BCUT2D eigenvalue weighted by atomic mass is 10.1. The molecule has 1 atom stereocenters. The molecule has 0 amide bonds. The van der Waals surface area contributed by atoms with Gasteiger partial charge in [0.05, 0.1) is 12.7 Å². The molecule has 3 nitrogen and oxygen atoms in total. The summed E-state index contributed by atoms with van der Waals surface area (Å²) in [7, 11) is 0. The maximum absolute atomic E-state index is 10.2. The molecule has 0 spiro atoms. The van der Waals surface area contributed by atoms with Crippen molar-refractivity contribution in [3.05, 3.63) is 60.2 Å². The van der Waals surface area contributed by atoms with Crippen LogP contribution in [0.5, 0.6) is 5.75 Å². The Labute approximate surface area is 113 Å². The molecule has 2 N–H and O–H groups in total. The molecule has 0 aliphatic carbocycles. The maximum Gasteiger partial charge on any atom is 0.119 e. The molecule has 0 aromatic heterocycles. The highest BCUT2D eigenvalue weighted by Crippen LogP contribution is 2.20. The predicted molar refractivity (Wildman–Crippen MR) is 77.5 cm³/mol. The standard InChI is InChI=1S/C16H19NO2/c1-2-19-15-10-6-7-13(11-15)16(18)12-17-14-8-4-3-5-9-14/h3-11,16-18H,2,12H2,1H3. The first kappa shape index (κ1) is 13.4. The van der Waals surface area contributed by atoms with E-state index in [9.17, 15) is 5.11 Å². The zero-order chi connectivity index (χ0) is 13.5. The first-order valence-electron chi connectivity index (χ1n) is 6.49. The van der Waals surface area contributed by atoms with E-state index >= 15 is 0 Å². The zero-order valence-electron chi connectivity index (χ0n) is 11.0. The number of hydrogen-bond donors (Lipinski definition) is 2. The van der Waals surface area contributed by atoms with Gasteiger partial charge >= 0.3 is 0 Å². The van der Waals surface area contributed by atoms with Gasteiger partial charge < -0.3 is 15.2 Å². The Morgan fingerprint density at radius 1 is 1.11 bits per heavy atom. The molecule has 19 heavy (non-hydrogen) atoms. The fourth-order valence-electron chi connectivity index (χ4n) is 1.87. The SMILES string of the molecule is CCOc1cccc(C(O)CNc2ccccc2)c1. The first-order chi connectivity index (χ1) is 9.29. The lowest BCUT2D eigenvalue weighted by Gasteiger charge is -2.14. The summed E-state index contributed by atoms with van der Waals surface area (Å²) in [6.07, 6.45) is -0.555. The van der Waals surface area contributed by atoms with Crippen LogP contribution in [-0.4, -0.2) is 18.3 Å². The maximum atomic E-state index is 10.2. The van der Waals surface area contributed by atoms with Crippen molar-refractivity contribution in [3.63, 3.8) is 0 Å². The third-order valence-electron chi connectivity index (χ3n) is 2.83. The van der Waals surface area contributed by atoms with Gasteiger partial charge in [0, 0.05) is 12.2 Å². The van der Waals surface area contributed by atoms with Crippen molar-refractivity contribution in [2.75, 3.05) is 18.5 Å². The predicted octanol–water partition coefficient (Wildman–Crippen LogP) is 3.23. The second-order valence-corrected chi connectivity index (χ2v) is 4.27. The van der Waals surface area contributed by atoms with E-state index in [4.69, 9.17) is 4.74 Å². The van der Waals surface area contributed by atoms with Crippen LogP contribution >= 0.6 is 0 Å². The second-order valence-electron chi connectivity index (χ2n) is 4.27. The first-order valence-corrected chi connectivity index (χ1v) is 6.49. The summed E-state index contributed by atoms with van der Waals surface area (Å²) in [5.41, 5.74) is 1.86. The normalized spacial score (nSPS) is 11.9. The van der Waals surface area contributed by atoms with Crippen molar-refractivity contribution in [2.24, 2.45) is 0 Å². The summed E-state index contributed by atoms with van der Waals surface area (Å²) >= 11 is 0. The van der Waals surface area contributed by atoms with E-state index in [1.807, 2.05) is 61.5 Å². The summed E-state index contributed by atoms with van der Waals surface area (Å²) < 4.78 is 5.43. The van der Waals surface area contributed by atoms with Gasteiger partial charge in [-0.05, 0) is 36.8 Å². The molecule has 0 radical (unpaired) electrons.